The Morgan fingerprint density at radius 3 is 2.56 bits per heavy atom. The van der Waals surface area contributed by atoms with E-state index in [1.165, 1.54) is 11.1 Å². The number of benzene rings is 1. The molecule has 32 heavy (non-hydrogen) atoms. The number of carbonyl (C=O) groups excluding carboxylic acids is 1. The molecule has 0 saturated carbocycles. The van der Waals surface area contributed by atoms with Crippen molar-refractivity contribution in [1.29, 1.82) is 0 Å². The standard InChI is InChI=1S/C26H31ClN4O/c1-4-24(29-13-11-21-14-19(2)25(27)30-17-21)15-20-7-9-23(10-8-20)26(32)31(3)18-22-6-5-12-28-16-22/h5-10,12,14,16-17,24,29H,4,11,13,15,18H2,1-3H3/t24-/m0/s1. The van der Waals surface area contributed by atoms with Gasteiger partial charge in [-0.2, -0.15) is 0 Å². The maximum Gasteiger partial charge on any atom is 0.253 e. The lowest BCUT2D eigenvalue weighted by atomic mass is 10.0. The van der Waals surface area contributed by atoms with Gasteiger partial charge in [-0.1, -0.05) is 42.8 Å². The number of nitrogens with zero attached hydrogens (tertiary/aromatic N) is 3. The van der Waals surface area contributed by atoms with Gasteiger partial charge in [0.05, 0.1) is 0 Å². The second-order valence-corrected chi connectivity index (χ2v) is 8.54. The Morgan fingerprint density at radius 1 is 1.12 bits per heavy atom. The van der Waals surface area contributed by atoms with Crippen molar-refractivity contribution < 1.29 is 4.79 Å². The van der Waals surface area contributed by atoms with Crippen LogP contribution in [0.2, 0.25) is 5.15 Å². The van der Waals surface area contributed by atoms with E-state index in [0.717, 1.165) is 36.9 Å². The summed E-state index contributed by atoms with van der Waals surface area (Å²) in [5.74, 6) is 0.0115. The third-order valence-electron chi connectivity index (χ3n) is 5.58. The number of amides is 1. The zero-order chi connectivity index (χ0) is 22.9. The van der Waals surface area contributed by atoms with Crippen LogP contribution in [-0.4, -0.2) is 40.4 Å². The highest BCUT2D eigenvalue weighted by molar-refractivity contribution is 6.30. The number of halogens is 1. The minimum Gasteiger partial charge on any atom is -0.337 e. The normalized spacial score (nSPS) is 11.9. The lowest BCUT2D eigenvalue weighted by molar-refractivity contribution is 0.0785. The van der Waals surface area contributed by atoms with Crippen LogP contribution in [0.25, 0.3) is 0 Å². The van der Waals surface area contributed by atoms with Crippen molar-refractivity contribution in [3.05, 3.63) is 94.0 Å². The smallest absolute Gasteiger partial charge is 0.253 e. The van der Waals surface area contributed by atoms with Crippen LogP contribution in [0.3, 0.4) is 0 Å². The van der Waals surface area contributed by atoms with Gasteiger partial charge in [0.2, 0.25) is 0 Å². The van der Waals surface area contributed by atoms with Crippen molar-refractivity contribution in [1.82, 2.24) is 20.2 Å². The van der Waals surface area contributed by atoms with Crippen molar-refractivity contribution in [3.8, 4) is 0 Å². The van der Waals surface area contributed by atoms with E-state index in [1.54, 1.807) is 17.3 Å². The van der Waals surface area contributed by atoms with E-state index < -0.39 is 0 Å². The van der Waals surface area contributed by atoms with Crippen molar-refractivity contribution in [2.45, 2.75) is 45.7 Å². The van der Waals surface area contributed by atoms with Gasteiger partial charge in [0.1, 0.15) is 5.15 Å². The topological polar surface area (TPSA) is 58.1 Å². The zero-order valence-electron chi connectivity index (χ0n) is 19.0. The zero-order valence-corrected chi connectivity index (χ0v) is 19.8. The molecule has 1 amide bonds. The lowest BCUT2D eigenvalue weighted by Crippen LogP contribution is -2.32. The second kappa shape index (κ2) is 11.7. The molecule has 2 heterocycles. The molecule has 0 aliphatic carbocycles. The van der Waals surface area contributed by atoms with E-state index in [4.69, 9.17) is 11.6 Å². The average Bonchev–Trinajstić information content (AvgIpc) is 2.81. The predicted octanol–water partition coefficient (Wildman–Crippen LogP) is 4.86. The van der Waals surface area contributed by atoms with Gasteiger partial charge in [0.25, 0.3) is 5.91 Å². The van der Waals surface area contributed by atoms with E-state index in [0.29, 0.717) is 23.3 Å². The minimum absolute atomic E-state index is 0.0115. The van der Waals surface area contributed by atoms with Gasteiger partial charge in [0.15, 0.2) is 0 Å². The number of hydrogen-bond acceptors (Lipinski definition) is 4. The van der Waals surface area contributed by atoms with Gasteiger partial charge in [-0.25, -0.2) is 4.98 Å². The number of aryl methyl sites for hydroxylation is 1. The van der Waals surface area contributed by atoms with Gasteiger partial charge in [-0.15, -0.1) is 0 Å². The lowest BCUT2D eigenvalue weighted by Gasteiger charge is -2.19. The van der Waals surface area contributed by atoms with Crippen LogP contribution in [-0.2, 0) is 19.4 Å². The SMILES string of the molecule is CC[C@@H](Cc1ccc(C(=O)N(C)Cc2cccnc2)cc1)NCCc1cnc(Cl)c(C)c1. The molecule has 0 bridgehead atoms. The van der Waals surface area contributed by atoms with Crippen LogP contribution in [0.5, 0.6) is 0 Å². The Morgan fingerprint density at radius 2 is 1.91 bits per heavy atom. The molecular weight excluding hydrogens is 420 g/mol. The summed E-state index contributed by atoms with van der Waals surface area (Å²) >= 11 is 6.01. The Labute approximate surface area is 195 Å². The number of aromatic nitrogens is 2. The van der Waals surface area contributed by atoms with Crippen molar-refractivity contribution in [2.24, 2.45) is 0 Å². The minimum atomic E-state index is 0.0115. The van der Waals surface area contributed by atoms with Crippen molar-refractivity contribution in [2.75, 3.05) is 13.6 Å². The number of pyridine rings is 2. The summed E-state index contributed by atoms with van der Waals surface area (Å²) in [5, 5.41) is 4.21. The van der Waals surface area contributed by atoms with E-state index >= 15 is 0 Å². The molecule has 6 heteroatoms. The Kier molecular flexibility index (Phi) is 8.77. The van der Waals surface area contributed by atoms with Gasteiger partial charge in [-0.3, -0.25) is 9.78 Å². The molecule has 0 radical (unpaired) electrons. The molecule has 3 aromatic rings. The van der Waals surface area contributed by atoms with Crippen LogP contribution in [0.15, 0.2) is 61.1 Å². The Balaban J connectivity index is 1.50. The van der Waals surface area contributed by atoms with E-state index in [9.17, 15) is 4.79 Å². The fraction of sp³-hybridized carbons (Fsp3) is 0.346. The average molecular weight is 451 g/mol. The molecule has 3 rings (SSSR count). The molecular formula is C26H31ClN4O. The fourth-order valence-corrected chi connectivity index (χ4v) is 3.76. The molecule has 0 saturated heterocycles. The number of carbonyl (C=O) groups is 1. The van der Waals surface area contributed by atoms with Gasteiger partial charge in [-0.05, 0) is 73.2 Å². The van der Waals surface area contributed by atoms with Gasteiger partial charge < -0.3 is 10.2 Å². The molecule has 5 nitrogen and oxygen atoms in total. The maximum atomic E-state index is 12.7. The fourth-order valence-electron chi connectivity index (χ4n) is 3.66. The largest absolute Gasteiger partial charge is 0.337 e. The molecule has 0 aliphatic rings. The summed E-state index contributed by atoms with van der Waals surface area (Å²) in [7, 11) is 1.82. The van der Waals surface area contributed by atoms with E-state index in [-0.39, 0.29) is 5.91 Å². The number of rotatable bonds is 10. The first-order valence-corrected chi connectivity index (χ1v) is 11.4. The first-order valence-electron chi connectivity index (χ1n) is 11.0. The quantitative estimate of drug-likeness (QED) is 0.448. The highest BCUT2D eigenvalue weighted by atomic mass is 35.5. The van der Waals surface area contributed by atoms with E-state index in [2.05, 4.69) is 40.4 Å². The summed E-state index contributed by atoms with van der Waals surface area (Å²) in [4.78, 5) is 22.8. The summed E-state index contributed by atoms with van der Waals surface area (Å²) in [5.41, 5.74) is 5.14. The molecule has 1 aromatic carbocycles. The van der Waals surface area contributed by atoms with Crippen LogP contribution in [0.4, 0.5) is 0 Å². The molecule has 168 valence electrons. The molecule has 0 spiro atoms. The van der Waals surface area contributed by atoms with Crippen LogP contribution < -0.4 is 5.32 Å². The first kappa shape index (κ1) is 23.9. The summed E-state index contributed by atoms with van der Waals surface area (Å²) in [6.07, 6.45) is 8.24. The molecule has 0 aliphatic heterocycles. The van der Waals surface area contributed by atoms with Crippen molar-refractivity contribution in [3.63, 3.8) is 0 Å². The predicted molar refractivity (Wildman–Crippen MR) is 130 cm³/mol. The third-order valence-corrected chi connectivity index (χ3v) is 5.98. The summed E-state index contributed by atoms with van der Waals surface area (Å²) < 4.78 is 0. The number of nitrogens with one attached hydrogen (secondary N) is 1. The van der Waals surface area contributed by atoms with Crippen LogP contribution >= 0.6 is 11.6 Å². The van der Waals surface area contributed by atoms with Crippen LogP contribution in [0, 0.1) is 6.92 Å². The Bertz CT molecular complexity index is 1010. The monoisotopic (exact) mass is 450 g/mol. The molecule has 0 fully saturated rings. The second-order valence-electron chi connectivity index (χ2n) is 8.18. The van der Waals surface area contributed by atoms with Gasteiger partial charge in [0, 0.05) is 43.8 Å². The number of hydrogen-bond donors (Lipinski definition) is 1. The van der Waals surface area contributed by atoms with Gasteiger partial charge >= 0.3 is 0 Å². The first-order chi connectivity index (χ1) is 15.5. The summed E-state index contributed by atoms with van der Waals surface area (Å²) in [6, 6.07) is 14.3. The van der Waals surface area contributed by atoms with Crippen LogP contribution in [0.1, 0.15) is 46.0 Å². The highest BCUT2D eigenvalue weighted by Crippen LogP contribution is 2.14. The molecule has 1 atom stereocenters. The molecule has 2 aromatic heterocycles. The van der Waals surface area contributed by atoms with Crippen molar-refractivity contribution >= 4 is 17.5 Å². The maximum absolute atomic E-state index is 12.7. The molecule has 1 N–H and O–H groups in total. The van der Waals surface area contributed by atoms with E-state index in [1.807, 2.05) is 44.4 Å². The molecule has 0 unspecified atom stereocenters. The highest BCUT2D eigenvalue weighted by Gasteiger charge is 2.13. The Hall–Kier alpha value is -2.76. The summed E-state index contributed by atoms with van der Waals surface area (Å²) in [6.45, 7) is 5.60. The third kappa shape index (κ3) is 6.87.